The summed E-state index contributed by atoms with van der Waals surface area (Å²) in [5.74, 6) is 0.319. The highest BCUT2D eigenvalue weighted by Gasteiger charge is 2.25. The maximum absolute atomic E-state index is 12.1. The molecule has 0 bridgehead atoms. The summed E-state index contributed by atoms with van der Waals surface area (Å²) in [6, 6.07) is 0. The fraction of sp³-hybridized carbons (Fsp3) is 0.727. The second-order valence-corrected chi connectivity index (χ2v) is 5.66. The van der Waals surface area contributed by atoms with Crippen molar-refractivity contribution in [2.45, 2.75) is 31.2 Å². The third kappa shape index (κ3) is 3.38. The number of hydrogen-bond acceptors (Lipinski definition) is 5. The Labute approximate surface area is 115 Å². The Kier molecular flexibility index (Phi) is 4.31. The summed E-state index contributed by atoms with van der Waals surface area (Å²) in [5, 5.41) is 6.72. The van der Waals surface area contributed by atoms with Crippen LogP contribution >= 0.6 is 11.8 Å². The molecule has 8 heteroatoms. The van der Waals surface area contributed by atoms with Gasteiger partial charge in [0.05, 0.1) is 18.0 Å². The van der Waals surface area contributed by atoms with E-state index < -0.39 is 0 Å². The van der Waals surface area contributed by atoms with Crippen molar-refractivity contribution in [3.63, 3.8) is 0 Å². The van der Waals surface area contributed by atoms with Crippen molar-refractivity contribution < 1.29 is 9.53 Å². The molecule has 0 spiro atoms. The quantitative estimate of drug-likeness (QED) is 0.781. The van der Waals surface area contributed by atoms with Crippen LogP contribution in [-0.4, -0.2) is 56.6 Å². The predicted octanol–water partition coefficient (Wildman–Crippen LogP) is -0.164. The van der Waals surface area contributed by atoms with Crippen LogP contribution in [0.15, 0.2) is 9.95 Å². The van der Waals surface area contributed by atoms with E-state index in [0.717, 1.165) is 0 Å². The van der Waals surface area contributed by atoms with E-state index in [1.807, 2.05) is 13.8 Å². The van der Waals surface area contributed by atoms with E-state index in [1.54, 1.807) is 11.9 Å². The van der Waals surface area contributed by atoms with E-state index in [-0.39, 0.29) is 29.6 Å². The Morgan fingerprint density at radius 2 is 2.11 bits per heavy atom. The predicted molar refractivity (Wildman–Crippen MR) is 71.1 cm³/mol. The van der Waals surface area contributed by atoms with Crippen LogP contribution in [0.1, 0.15) is 13.8 Å². The fourth-order valence-electron chi connectivity index (χ4n) is 2.06. The average Bonchev–Trinajstić information content (AvgIpc) is 2.66. The van der Waals surface area contributed by atoms with Crippen LogP contribution in [0.25, 0.3) is 0 Å². The van der Waals surface area contributed by atoms with E-state index in [4.69, 9.17) is 4.74 Å². The van der Waals surface area contributed by atoms with Gasteiger partial charge in [0.2, 0.25) is 5.91 Å². The van der Waals surface area contributed by atoms with E-state index >= 15 is 0 Å². The summed E-state index contributed by atoms with van der Waals surface area (Å²) in [4.78, 5) is 25.1. The number of aromatic amines is 1. The lowest BCUT2D eigenvalue weighted by Gasteiger charge is -2.35. The van der Waals surface area contributed by atoms with Gasteiger partial charge in [0.1, 0.15) is 0 Å². The van der Waals surface area contributed by atoms with Crippen molar-refractivity contribution in [2.24, 2.45) is 7.05 Å². The normalized spacial score (nSPS) is 23.6. The van der Waals surface area contributed by atoms with E-state index in [9.17, 15) is 9.59 Å². The second kappa shape index (κ2) is 5.79. The number of ether oxygens (including phenoxy) is 1. The Balaban J connectivity index is 1.91. The molecule has 1 aromatic rings. The standard InChI is InChI=1S/C11H18N4O3S/c1-7-4-15(5-8(2)18-7)9(16)6-19-11-13-12-10(17)14(11)3/h7-8H,4-6H2,1-3H3,(H,12,17)/t7-,8-/m0/s1. The summed E-state index contributed by atoms with van der Waals surface area (Å²) in [7, 11) is 1.62. The van der Waals surface area contributed by atoms with E-state index in [0.29, 0.717) is 18.2 Å². The molecular weight excluding hydrogens is 268 g/mol. The number of H-pyrrole nitrogens is 1. The van der Waals surface area contributed by atoms with Gasteiger partial charge in [-0.05, 0) is 13.8 Å². The van der Waals surface area contributed by atoms with Crippen molar-refractivity contribution in [3.05, 3.63) is 10.5 Å². The summed E-state index contributed by atoms with van der Waals surface area (Å²) >= 11 is 1.26. The van der Waals surface area contributed by atoms with Crippen LogP contribution in [0.4, 0.5) is 0 Å². The molecule has 0 aromatic carbocycles. The first-order chi connectivity index (χ1) is 8.97. The van der Waals surface area contributed by atoms with Crippen LogP contribution < -0.4 is 5.69 Å². The number of amides is 1. The molecule has 19 heavy (non-hydrogen) atoms. The number of thioether (sulfide) groups is 1. The van der Waals surface area contributed by atoms with Gasteiger partial charge in [-0.1, -0.05) is 11.8 Å². The van der Waals surface area contributed by atoms with Gasteiger partial charge in [0.25, 0.3) is 0 Å². The maximum atomic E-state index is 12.1. The monoisotopic (exact) mass is 286 g/mol. The molecule has 1 aromatic heterocycles. The SMILES string of the molecule is C[C@H]1CN(C(=O)CSc2n[nH]c(=O)n2C)C[C@H](C)O1. The third-order valence-corrected chi connectivity index (χ3v) is 3.95. The van der Waals surface area contributed by atoms with Gasteiger partial charge < -0.3 is 9.64 Å². The highest BCUT2D eigenvalue weighted by Crippen LogP contribution is 2.16. The van der Waals surface area contributed by atoms with E-state index in [1.165, 1.54) is 16.3 Å². The number of nitrogens with zero attached hydrogens (tertiary/aromatic N) is 3. The first kappa shape index (κ1) is 14.1. The number of nitrogens with one attached hydrogen (secondary N) is 1. The van der Waals surface area contributed by atoms with Crippen molar-refractivity contribution in [1.82, 2.24) is 19.7 Å². The van der Waals surface area contributed by atoms with Crippen LogP contribution in [-0.2, 0) is 16.6 Å². The van der Waals surface area contributed by atoms with Gasteiger partial charge in [-0.15, -0.1) is 5.10 Å². The lowest BCUT2D eigenvalue weighted by Crippen LogP contribution is -2.48. The van der Waals surface area contributed by atoms with Gasteiger partial charge in [-0.25, -0.2) is 9.89 Å². The number of carbonyl (C=O) groups excluding carboxylic acids is 1. The summed E-state index contributed by atoms with van der Waals surface area (Å²) in [6.45, 7) is 5.15. The second-order valence-electron chi connectivity index (χ2n) is 4.72. The molecule has 2 atom stereocenters. The molecule has 0 saturated carbocycles. The number of morpholine rings is 1. The zero-order valence-corrected chi connectivity index (χ0v) is 12.1. The lowest BCUT2D eigenvalue weighted by molar-refractivity contribution is -0.140. The number of rotatable bonds is 3. The minimum absolute atomic E-state index is 0.0439. The lowest BCUT2D eigenvalue weighted by atomic mass is 10.2. The Morgan fingerprint density at radius 3 is 2.63 bits per heavy atom. The minimum atomic E-state index is -0.274. The first-order valence-corrected chi connectivity index (χ1v) is 7.13. The Morgan fingerprint density at radius 1 is 1.47 bits per heavy atom. The van der Waals surface area contributed by atoms with E-state index in [2.05, 4.69) is 10.2 Å². The van der Waals surface area contributed by atoms with Gasteiger partial charge in [-0.2, -0.15) is 0 Å². The van der Waals surface area contributed by atoms with Gasteiger partial charge >= 0.3 is 5.69 Å². The molecule has 7 nitrogen and oxygen atoms in total. The molecule has 1 aliphatic heterocycles. The Bertz CT molecular complexity index is 502. The van der Waals surface area contributed by atoms with Gasteiger partial charge in [0.15, 0.2) is 5.16 Å². The highest BCUT2D eigenvalue weighted by atomic mass is 32.2. The molecule has 1 aliphatic rings. The molecule has 0 unspecified atom stereocenters. The van der Waals surface area contributed by atoms with Crippen molar-refractivity contribution in [2.75, 3.05) is 18.8 Å². The van der Waals surface area contributed by atoms with Crippen LogP contribution in [0.2, 0.25) is 0 Å². The Hall–Kier alpha value is -1.28. The largest absolute Gasteiger partial charge is 0.372 e. The summed E-state index contributed by atoms with van der Waals surface area (Å²) in [6.07, 6.45) is 0.125. The van der Waals surface area contributed by atoms with Crippen LogP contribution in [0, 0.1) is 0 Å². The summed E-state index contributed by atoms with van der Waals surface area (Å²) < 4.78 is 6.98. The molecule has 2 heterocycles. The number of carbonyl (C=O) groups is 1. The molecule has 0 radical (unpaired) electrons. The maximum Gasteiger partial charge on any atom is 0.343 e. The smallest absolute Gasteiger partial charge is 0.343 e. The van der Waals surface area contributed by atoms with Crippen molar-refractivity contribution in [3.8, 4) is 0 Å². The van der Waals surface area contributed by atoms with Crippen molar-refractivity contribution in [1.29, 1.82) is 0 Å². The molecule has 1 N–H and O–H groups in total. The zero-order valence-electron chi connectivity index (χ0n) is 11.3. The zero-order chi connectivity index (χ0) is 14.0. The van der Waals surface area contributed by atoms with Crippen LogP contribution in [0.5, 0.6) is 0 Å². The van der Waals surface area contributed by atoms with Crippen LogP contribution in [0.3, 0.4) is 0 Å². The third-order valence-electron chi connectivity index (χ3n) is 2.94. The molecule has 1 amide bonds. The van der Waals surface area contributed by atoms with Gasteiger partial charge in [-0.3, -0.25) is 9.36 Å². The van der Waals surface area contributed by atoms with Gasteiger partial charge in [0, 0.05) is 20.1 Å². The average molecular weight is 286 g/mol. The molecule has 0 aliphatic carbocycles. The molecule has 1 fully saturated rings. The minimum Gasteiger partial charge on any atom is -0.372 e. The topological polar surface area (TPSA) is 80.2 Å². The molecular formula is C11H18N4O3S. The number of hydrogen-bond donors (Lipinski definition) is 1. The fourth-order valence-corrected chi connectivity index (χ4v) is 2.88. The molecule has 106 valence electrons. The first-order valence-electron chi connectivity index (χ1n) is 6.14. The highest BCUT2D eigenvalue weighted by molar-refractivity contribution is 7.99. The summed E-state index contributed by atoms with van der Waals surface area (Å²) in [5.41, 5.74) is -0.274. The van der Waals surface area contributed by atoms with Crippen molar-refractivity contribution >= 4 is 17.7 Å². The number of aromatic nitrogens is 3. The molecule has 1 saturated heterocycles. The molecule has 2 rings (SSSR count).